The van der Waals surface area contributed by atoms with Crippen molar-refractivity contribution in [3.05, 3.63) is 40.6 Å². The minimum atomic E-state index is -0.787. The molecule has 1 heterocycles. The molecule has 1 atom stereocenters. The Morgan fingerprint density at radius 2 is 2.20 bits per heavy atom. The monoisotopic (exact) mass is 289 g/mol. The Balaban J connectivity index is 2.25. The van der Waals surface area contributed by atoms with Gasteiger partial charge in [-0.05, 0) is 19.1 Å². The van der Waals surface area contributed by atoms with Crippen molar-refractivity contribution in [3.63, 3.8) is 0 Å². The lowest BCUT2D eigenvalue weighted by molar-refractivity contribution is -0.126. The van der Waals surface area contributed by atoms with Crippen LogP contribution in [0.1, 0.15) is 13.3 Å². The summed E-state index contributed by atoms with van der Waals surface area (Å²) in [4.78, 5) is 23.8. The van der Waals surface area contributed by atoms with Crippen molar-refractivity contribution in [1.29, 1.82) is 5.26 Å². The van der Waals surface area contributed by atoms with Crippen molar-refractivity contribution in [2.75, 3.05) is 5.32 Å². The van der Waals surface area contributed by atoms with Crippen LogP contribution in [0.25, 0.3) is 0 Å². The molecule has 0 unspecified atom stereocenters. The lowest BCUT2D eigenvalue weighted by Gasteiger charge is -2.22. The summed E-state index contributed by atoms with van der Waals surface area (Å²) in [6.45, 7) is 1.60. The topological polar surface area (TPSA) is 82.0 Å². The van der Waals surface area contributed by atoms with E-state index in [2.05, 4.69) is 10.6 Å². The second-order valence-electron chi connectivity index (χ2n) is 4.42. The fraction of sp³-hybridized carbons (Fsp3) is 0.214. The third kappa shape index (κ3) is 2.81. The van der Waals surface area contributed by atoms with Gasteiger partial charge < -0.3 is 10.6 Å². The van der Waals surface area contributed by atoms with Crippen LogP contribution in [0.15, 0.2) is 35.5 Å². The SMILES string of the molecule is CC1=C(C#N)[C@@H](C(=O)Nc2ccccc2Cl)CC(=O)N1. The Kier molecular flexibility index (Phi) is 4.06. The van der Waals surface area contributed by atoms with Crippen LogP contribution in [0.5, 0.6) is 0 Å². The number of carbonyl (C=O) groups excluding carboxylic acids is 2. The van der Waals surface area contributed by atoms with Crippen LogP contribution in [0.2, 0.25) is 5.02 Å². The van der Waals surface area contributed by atoms with E-state index in [0.717, 1.165) is 0 Å². The van der Waals surface area contributed by atoms with Crippen LogP contribution in [0.4, 0.5) is 5.69 Å². The molecule has 1 aliphatic rings. The molecule has 0 radical (unpaired) electrons. The zero-order chi connectivity index (χ0) is 14.7. The standard InChI is InChI=1S/C14H12ClN3O2/c1-8-10(7-16)9(6-13(19)17-8)14(20)18-12-5-3-2-4-11(12)15/h2-5,9H,6H2,1H3,(H,17,19)(H,18,20)/t9-/m0/s1. The van der Waals surface area contributed by atoms with Crippen molar-refractivity contribution in [2.24, 2.45) is 5.92 Å². The van der Waals surface area contributed by atoms with Crippen LogP contribution in [-0.2, 0) is 9.59 Å². The molecule has 6 heteroatoms. The molecule has 0 aliphatic carbocycles. The highest BCUT2D eigenvalue weighted by atomic mass is 35.5. The van der Waals surface area contributed by atoms with E-state index < -0.39 is 11.8 Å². The highest BCUT2D eigenvalue weighted by molar-refractivity contribution is 6.33. The Labute approximate surface area is 121 Å². The first-order chi connectivity index (χ1) is 9.52. The largest absolute Gasteiger partial charge is 0.329 e. The number of rotatable bonds is 2. The Morgan fingerprint density at radius 3 is 2.85 bits per heavy atom. The molecule has 1 aromatic carbocycles. The average molecular weight is 290 g/mol. The highest BCUT2D eigenvalue weighted by Crippen LogP contribution is 2.26. The maximum Gasteiger partial charge on any atom is 0.233 e. The van der Waals surface area contributed by atoms with E-state index in [0.29, 0.717) is 16.4 Å². The first-order valence-corrected chi connectivity index (χ1v) is 6.37. The lowest BCUT2D eigenvalue weighted by Crippen LogP contribution is -2.37. The molecule has 0 aromatic heterocycles. The molecular weight excluding hydrogens is 278 g/mol. The van der Waals surface area contributed by atoms with E-state index in [-0.39, 0.29) is 17.9 Å². The number of anilines is 1. The van der Waals surface area contributed by atoms with Gasteiger partial charge in [0.25, 0.3) is 0 Å². The second-order valence-corrected chi connectivity index (χ2v) is 4.83. The van der Waals surface area contributed by atoms with E-state index in [1.807, 2.05) is 6.07 Å². The van der Waals surface area contributed by atoms with Gasteiger partial charge in [0.05, 0.1) is 28.3 Å². The molecule has 1 aromatic rings. The van der Waals surface area contributed by atoms with Crippen LogP contribution in [0, 0.1) is 17.2 Å². The van der Waals surface area contributed by atoms with Crippen molar-refractivity contribution in [3.8, 4) is 6.07 Å². The van der Waals surface area contributed by atoms with Gasteiger partial charge in [0.2, 0.25) is 11.8 Å². The summed E-state index contributed by atoms with van der Waals surface area (Å²) in [6, 6.07) is 8.77. The fourth-order valence-corrected chi connectivity index (χ4v) is 2.23. The van der Waals surface area contributed by atoms with E-state index in [1.54, 1.807) is 31.2 Å². The highest BCUT2D eigenvalue weighted by Gasteiger charge is 2.32. The first-order valence-electron chi connectivity index (χ1n) is 5.99. The van der Waals surface area contributed by atoms with Gasteiger partial charge in [0.15, 0.2) is 0 Å². The maximum atomic E-state index is 12.2. The summed E-state index contributed by atoms with van der Waals surface area (Å²) < 4.78 is 0. The minimum absolute atomic E-state index is 0.0451. The van der Waals surface area contributed by atoms with Gasteiger partial charge >= 0.3 is 0 Å². The van der Waals surface area contributed by atoms with E-state index in [4.69, 9.17) is 16.9 Å². The molecule has 0 spiro atoms. The molecule has 1 aliphatic heterocycles. The van der Waals surface area contributed by atoms with E-state index >= 15 is 0 Å². The number of nitrogens with one attached hydrogen (secondary N) is 2. The molecule has 20 heavy (non-hydrogen) atoms. The average Bonchev–Trinajstić information content (AvgIpc) is 2.40. The minimum Gasteiger partial charge on any atom is -0.329 e. The number of halogens is 1. The Bertz CT molecular complexity index is 646. The number of hydrogen-bond donors (Lipinski definition) is 2. The number of amides is 2. The van der Waals surface area contributed by atoms with Crippen LogP contribution in [-0.4, -0.2) is 11.8 Å². The van der Waals surface area contributed by atoms with E-state index in [9.17, 15) is 9.59 Å². The number of hydrogen-bond acceptors (Lipinski definition) is 3. The number of allylic oxidation sites excluding steroid dienone is 1. The molecule has 102 valence electrons. The number of benzene rings is 1. The van der Waals surface area contributed by atoms with Gasteiger partial charge in [-0.25, -0.2) is 0 Å². The number of carbonyl (C=O) groups is 2. The molecule has 0 fully saturated rings. The summed E-state index contributed by atoms with van der Waals surface area (Å²) in [5.74, 6) is -1.48. The van der Waals surface area contributed by atoms with Crippen molar-refractivity contribution in [1.82, 2.24) is 5.32 Å². The molecule has 5 nitrogen and oxygen atoms in total. The summed E-state index contributed by atoms with van der Waals surface area (Å²) in [5.41, 5.74) is 1.15. The van der Waals surface area contributed by atoms with Crippen molar-refractivity contribution < 1.29 is 9.59 Å². The first kappa shape index (κ1) is 14.1. The molecule has 2 amide bonds. The van der Waals surface area contributed by atoms with Crippen LogP contribution < -0.4 is 10.6 Å². The summed E-state index contributed by atoms with van der Waals surface area (Å²) in [7, 11) is 0. The summed E-state index contributed by atoms with van der Waals surface area (Å²) >= 11 is 5.96. The lowest BCUT2D eigenvalue weighted by atomic mass is 9.90. The predicted octanol–water partition coefficient (Wildman–Crippen LogP) is 2.21. The van der Waals surface area contributed by atoms with E-state index in [1.165, 1.54) is 0 Å². The zero-order valence-electron chi connectivity index (χ0n) is 10.7. The normalized spacial score (nSPS) is 18.2. The van der Waals surface area contributed by atoms with Gasteiger partial charge in [-0.3, -0.25) is 9.59 Å². The van der Waals surface area contributed by atoms with Crippen molar-refractivity contribution >= 4 is 29.1 Å². The third-order valence-electron chi connectivity index (χ3n) is 3.04. The molecule has 2 rings (SSSR count). The number of nitrogens with zero attached hydrogens (tertiary/aromatic N) is 1. The van der Waals surface area contributed by atoms with Gasteiger partial charge in [0.1, 0.15) is 0 Å². The third-order valence-corrected chi connectivity index (χ3v) is 3.37. The quantitative estimate of drug-likeness (QED) is 0.876. The van der Waals surface area contributed by atoms with Crippen LogP contribution in [0.3, 0.4) is 0 Å². The molecular formula is C14H12ClN3O2. The Hall–Kier alpha value is -2.32. The Morgan fingerprint density at radius 1 is 1.50 bits per heavy atom. The van der Waals surface area contributed by atoms with Gasteiger partial charge in [-0.1, -0.05) is 23.7 Å². The maximum absolute atomic E-state index is 12.2. The number of nitriles is 1. The fourth-order valence-electron chi connectivity index (χ4n) is 2.04. The molecule has 2 N–H and O–H groups in total. The van der Waals surface area contributed by atoms with Crippen LogP contribution >= 0.6 is 11.6 Å². The number of para-hydroxylation sites is 1. The smallest absolute Gasteiger partial charge is 0.233 e. The molecule has 0 saturated heterocycles. The molecule has 0 saturated carbocycles. The van der Waals surface area contributed by atoms with Crippen molar-refractivity contribution in [2.45, 2.75) is 13.3 Å². The summed E-state index contributed by atoms with van der Waals surface area (Å²) in [6.07, 6.45) is -0.0451. The zero-order valence-corrected chi connectivity index (χ0v) is 11.5. The second kappa shape index (κ2) is 5.76. The van der Waals surface area contributed by atoms with Gasteiger partial charge in [0, 0.05) is 12.1 Å². The molecule has 0 bridgehead atoms. The van der Waals surface area contributed by atoms with Gasteiger partial charge in [-0.15, -0.1) is 0 Å². The summed E-state index contributed by atoms with van der Waals surface area (Å²) in [5, 5.41) is 14.7. The predicted molar refractivity (Wildman–Crippen MR) is 74.6 cm³/mol. The van der Waals surface area contributed by atoms with Gasteiger partial charge in [-0.2, -0.15) is 5.26 Å².